The van der Waals surface area contributed by atoms with Crippen molar-refractivity contribution >= 4 is 17.9 Å². The monoisotopic (exact) mass is 343 g/mol. The summed E-state index contributed by atoms with van der Waals surface area (Å²) in [5, 5.41) is 4.61. The number of carbonyl (C=O) groups excluding carboxylic acids is 2. The van der Waals surface area contributed by atoms with Crippen LogP contribution in [0.3, 0.4) is 0 Å². The Morgan fingerprint density at radius 1 is 1.25 bits per heavy atom. The fraction of sp³-hybridized carbons (Fsp3) is 0.812. The highest BCUT2D eigenvalue weighted by Crippen LogP contribution is 2.13. The summed E-state index contributed by atoms with van der Waals surface area (Å²) in [7, 11) is 0. The summed E-state index contributed by atoms with van der Waals surface area (Å²) < 4.78 is 5.70. The predicted octanol–water partition coefficient (Wildman–Crippen LogP) is 1.94. The molecule has 1 atom stereocenters. The molecule has 0 aliphatic carbocycles. The van der Waals surface area contributed by atoms with E-state index in [-0.39, 0.29) is 18.8 Å². The van der Waals surface area contributed by atoms with E-state index in [1.807, 2.05) is 0 Å². The van der Waals surface area contributed by atoms with Gasteiger partial charge in [-0.3, -0.25) is 0 Å². The molecule has 0 spiro atoms. The highest BCUT2D eigenvalue weighted by Gasteiger charge is 2.19. The molecule has 8 nitrogen and oxygen atoms in total. The van der Waals surface area contributed by atoms with Gasteiger partial charge in [0.25, 0.3) is 5.96 Å². The van der Waals surface area contributed by atoms with Gasteiger partial charge in [0, 0.05) is 13.2 Å². The van der Waals surface area contributed by atoms with Crippen molar-refractivity contribution in [2.24, 2.45) is 16.8 Å². The van der Waals surface area contributed by atoms with Crippen molar-refractivity contribution in [1.29, 1.82) is 0 Å². The van der Waals surface area contributed by atoms with Crippen LogP contribution in [0.4, 0.5) is 0 Å². The summed E-state index contributed by atoms with van der Waals surface area (Å²) in [6.07, 6.45) is 5.17. The number of oxime groups is 1. The maximum Gasteiger partial charge on any atom is 0.335 e. The molecule has 138 valence electrons. The molecule has 1 rings (SSSR count). The predicted molar refractivity (Wildman–Crippen MR) is 88.5 cm³/mol. The van der Waals surface area contributed by atoms with Crippen molar-refractivity contribution in [3.8, 4) is 0 Å². The molecule has 0 radical (unpaired) electrons. The summed E-state index contributed by atoms with van der Waals surface area (Å²) >= 11 is 0. The summed E-state index contributed by atoms with van der Waals surface area (Å²) in [5.74, 6) is -0.733. The van der Waals surface area contributed by atoms with Crippen LogP contribution in [-0.4, -0.2) is 42.7 Å². The molecule has 0 aromatic carbocycles. The second-order valence-corrected chi connectivity index (χ2v) is 5.82. The van der Waals surface area contributed by atoms with Crippen LogP contribution in [0, 0.1) is 5.92 Å². The van der Waals surface area contributed by atoms with E-state index in [9.17, 15) is 9.59 Å². The maximum atomic E-state index is 11.6. The first-order valence-electron chi connectivity index (χ1n) is 8.66. The Bertz CT molecular complexity index is 428. The van der Waals surface area contributed by atoms with E-state index in [1.54, 1.807) is 0 Å². The van der Waals surface area contributed by atoms with E-state index < -0.39 is 11.9 Å². The van der Waals surface area contributed by atoms with E-state index >= 15 is 0 Å². The van der Waals surface area contributed by atoms with Crippen molar-refractivity contribution in [3.63, 3.8) is 0 Å². The van der Waals surface area contributed by atoms with Crippen molar-refractivity contribution in [2.45, 2.75) is 58.8 Å². The molecule has 0 aromatic heterocycles. The number of carbonyl (C=O) groups is 2. The third kappa shape index (κ3) is 8.14. The Kier molecular flexibility index (Phi) is 9.83. The Morgan fingerprint density at radius 2 is 2.00 bits per heavy atom. The van der Waals surface area contributed by atoms with Crippen LogP contribution in [0.25, 0.3) is 0 Å². The molecule has 1 unspecified atom stereocenters. The zero-order valence-corrected chi connectivity index (χ0v) is 14.7. The van der Waals surface area contributed by atoms with Gasteiger partial charge in [-0.2, -0.15) is 5.06 Å². The van der Waals surface area contributed by atoms with Crippen LogP contribution in [0.2, 0.25) is 0 Å². The van der Waals surface area contributed by atoms with Gasteiger partial charge in [0.05, 0.1) is 19.4 Å². The van der Waals surface area contributed by atoms with Gasteiger partial charge < -0.3 is 20.1 Å². The van der Waals surface area contributed by atoms with Crippen LogP contribution >= 0.6 is 0 Å². The molecule has 0 aromatic rings. The Balaban J connectivity index is 2.33. The van der Waals surface area contributed by atoms with Gasteiger partial charge in [0.15, 0.2) is 0 Å². The first-order valence-corrected chi connectivity index (χ1v) is 8.66. The van der Waals surface area contributed by atoms with Crippen molar-refractivity contribution < 1.29 is 24.0 Å². The third-order valence-corrected chi connectivity index (χ3v) is 3.79. The van der Waals surface area contributed by atoms with Crippen LogP contribution in [-0.2, 0) is 24.0 Å². The van der Waals surface area contributed by atoms with Crippen LogP contribution in [0.5, 0.6) is 0 Å². The fourth-order valence-electron chi connectivity index (χ4n) is 2.23. The number of hydrogen-bond donors (Lipinski definition) is 1. The number of guanidine groups is 1. The summed E-state index contributed by atoms with van der Waals surface area (Å²) in [4.78, 5) is 32.5. The molecule has 24 heavy (non-hydrogen) atoms. The largest absolute Gasteiger partial charge is 0.381 e. The molecule has 1 heterocycles. The molecular formula is C16H29N3O5. The highest BCUT2D eigenvalue weighted by atomic mass is 16.7. The minimum Gasteiger partial charge on any atom is -0.381 e. The van der Waals surface area contributed by atoms with Gasteiger partial charge >= 0.3 is 11.9 Å². The summed E-state index contributed by atoms with van der Waals surface area (Å²) in [5.41, 5.74) is 5.66. The second-order valence-electron chi connectivity index (χ2n) is 5.82. The van der Waals surface area contributed by atoms with E-state index in [0.717, 1.165) is 18.1 Å². The Hall–Kier alpha value is -1.83. The average molecular weight is 343 g/mol. The fourth-order valence-corrected chi connectivity index (χ4v) is 2.23. The van der Waals surface area contributed by atoms with Crippen molar-refractivity contribution in [3.05, 3.63) is 0 Å². The molecule has 1 aliphatic heterocycles. The van der Waals surface area contributed by atoms with Crippen LogP contribution in [0.1, 0.15) is 58.8 Å². The van der Waals surface area contributed by atoms with E-state index in [1.165, 1.54) is 19.3 Å². The third-order valence-electron chi connectivity index (χ3n) is 3.79. The van der Waals surface area contributed by atoms with Gasteiger partial charge in [-0.05, 0) is 23.9 Å². The zero-order chi connectivity index (χ0) is 17.8. The molecule has 0 amide bonds. The molecule has 8 heteroatoms. The second kappa shape index (κ2) is 11.7. The molecule has 2 N–H and O–H groups in total. The number of unbranched alkanes of at least 4 members (excludes halogenated alkanes) is 1. The molecule has 0 saturated heterocycles. The summed E-state index contributed by atoms with van der Waals surface area (Å²) in [6, 6.07) is 0. The molecular weight excluding hydrogens is 314 g/mol. The van der Waals surface area contributed by atoms with Gasteiger partial charge in [0.1, 0.15) is 0 Å². The Morgan fingerprint density at radius 3 is 2.71 bits per heavy atom. The van der Waals surface area contributed by atoms with Gasteiger partial charge in [-0.15, -0.1) is 0 Å². The van der Waals surface area contributed by atoms with Crippen molar-refractivity contribution in [2.75, 3.05) is 19.8 Å². The smallest absolute Gasteiger partial charge is 0.335 e. The molecule has 0 saturated carbocycles. The number of ether oxygens (including phenoxy) is 1. The van der Waals surface area contributed by atoms with E-state index in [0.29, 0.717) is 25.5 Å². The lowest BCUT2D eigenvalue weighted by Crippen LogP contribution is -2.40. The molecule has 0 fully saturated rings. The Labute approximate surface area is 143 Å². The van der Waals surface area contributed by atoms with Crippen LogP contribution in [0.15, 0.2) is 5.16 Å². The quantitative estimate of drug-likeness (QED) is 0.477. The lowest BCUT2D eigenvalue weighted by atomic mass is 10.0. The summed E-state index contributed by atoms with van der Waals surface area (Å²) in [6.45, 7) is 5.94. The average Bonchev–Trinajstić information content (AvgIpc) is 2.63. The number of hydroxylamine groups is 2. The maximum absolute atomic E-state index is 11.6. The number of hydrogen-bond acceptors (Lipinski definition) is 8. The first-order chi connectivity index (χ1) is 11.6. The minimum atomic E-state index is -0.613. The van der Waals surface area contributed by atoms with Gasteiger partial charge in [-0.25, -0.2) is 9.59 Å². The SMILES string of the molecule is CCCCC(CC)COCCCN1OC(=O)CCC(=O)O/N=C\1N. The molecule has 1 aliphatic rings. The zero-order valence-electron chi connectivity index (χ0n) is 14.7. The lowest BCUT2D eigenvalue weighted by molar-refractivity contribution is -0.174. The van der Waals surface area contributed by atoms with Crippen molar-refractivity contribution in [1.82, 2.24) is 5.06 Å². The number of nitrogens with zero attached hydrogens (tertiary/aromatic N) is 2. The lowest BCUT2D eigenvalue weighted by Gasteiger charge is -2.20. The number of nitrogens with two attached hydrogens (primary N) is 1. The first kappa shape index (κ1) is 20.2. The van der Waals surface area contributed by atoms with E-state index in [2.05, 4.69) is 23.8 Å². The number of rotatable bonds is 10. The van der Waals surface area contributed by atoms with E-state index in [4.69, 9.17) is 15.3 Å². The van der Waals surface area contributed by atoms with Gasteiger partial charge in [-0.1, -0.05) is 33.1 Å². The topological polar surface area (TPSA) is 103 Å². The normalized spacial score (nSPS) is 19.4. The standard InChI is InChI=1S/C16H29N3O5/c1-3-5-7-13(4-2)12-22-11-6-10-19-16(17)18-23-14(20)8-9-15(21)24-19/h13H,3-12H2,1-2H3,(H2,17,18). The minimum absolute atomic E-state index is 0.0652. The van der Waals surface area contributed by atoms with Crippen LogP contribution < -0.4 is 5.73 Å². The van der Waals surface area contributed by atoms with Gasteiger partial charge in [0.2, 0.25) is 0 Å². The highest BCUT2D eigenvalue weighted by molar-refractivity contribution is 5.83. The molecule has 0 bridgehead atoms.